The van der Waals surface area contributed by atoms with Crippen LogP contribution < -0.4 is 29.4 Å². The number of nitrogens with one attached hydrogen (secondary N) is 1. The Morgan fingerprint density at radius 3 is 2.16 bits per heavy atom. The second-order valence-corrected chi connectivity index (χ2v) is 8.38. The molecule has 2 heterocycles. The lowest BCUT2D eigenvalue weighted by Crippen LogP contribution is -2.15. The van der Waals surface area contributed by atoms with Gasteiger partial charge in [-0.2, -0.15) is 0 Å². The Bertz CT molecular complexity index is 1620. The Labute approximate surface area is 219 Å². The molecule has 5 aromatic rings. The first kappa shape index (κ1) is 24.8. The van der Waals surface area contributed by atoms with Crippen LogP contribution >= 0.6 is 0 Å². The number of aromatic nitrogens is 3. The number of ether oxygens (including phenoxy) is 5. The maximum absolute atomic E-state index is 13.0. The Morgan fingerprint density at radius 1 is 0.789 bits per heavy atom. The maximum Gasteiger partial charge on any atom is 0.331 e. The summed E-state index contributed by atoms with van der Waals surface area (Å²) in [6, 6.07) is 20.8. The van der Waals surface area contributed by atoms with Gasteiger partial charge in [0.1, 0.15) is 6.61 Å². The molecule has 5 rings (SSSR count). The molecule has 0 saturated carbocycles. The van der Waals surface area contributed by atoms with Crippen LogP contribution in [0.5, 0.6) is 28.7 Å². The van der Waals surface area contributed by atoms with Crippen molar-refractivity contribution in [3.63, 3.8) is 0 Å². The van der Waals surface area contributed by atoms with Crippen LogP contribution in [-0.2, 0) is 6.61 Å². The summed E-state index contributed by atoms with van der Waals surface area (Å²) in [5, 5.41) is 0. The number of methoxy groups -OCH3 is 4. The average molecular weight is 514 g/mol. The summed E-state index contributed by atoms with van der Waals surface area (Å²) >= 11 is 0. The summed E-state index contributed by atoms with van der Waals surface area (Å²) < 4.78 is 29.5. The number of fused-ring (bicyclic) bond motifs is 1. The predicted molar refractivity (Wildman–Crippen MR) is 144 cm³/mol. The number of benzene rings is 3. The topological polar surface area (TPSA) is 96.8 Å². The fraction of sp³-hybridized carbons (Fsp3) is 0.172. The fourth-order valence-electron chi connectivity index (χ4n) is 4.30. The number of aromatic amines is 1. The van der Waals surface area contributed by atoms with Gasteiger partial charge in [0.05, 0.1) is 57.1 Å². The molecule has 9 heteroatoms. The first-order chi connectivity index (χ1) is 18.6. The molecule has 0 aliphatic heterocycles. The lowest BCUT2D eigenvalue weighted by atomic mass is 10.1. The highest BCUT2D eigenvalue weighted by molar-refractivity contribution is 5.82. The third kappa shape index (κ3) is 4.61. The number of nitrogens with zero attached hydrogens (tertiary/aromatic N) is 2. The van der Waals surface area contributed by atoms with Gasteiger partial charge in [0.25, 0.3) is 0 Å². The van der Waals surface area contributed by atoms with Crippen LogP contribution in [0.4, 0.5) is 0 Å². The molecular formula is C29H27N3O6. The van der Waals surface area contributed by atoms with E-state index in [1.165, 1.54) is 21.3 Å². The average Bonchev–Trinajstić information content (AvgIpc) is 3.30. The van der Waals surface area contributed by atoms with Gasteiger partial charge in [-0.15, -0.1) is 0 Å². The van der Waals surface area contributed by atoms with Crippen molar-refractivity contribution >= 4 is 11.0 Å². The second-order valence-electron chi connectivity index (χ2n) is 8.38. The monoisotopic (exact) mass is 513 g/mol. The molecule has 0 aliphatic rings. The third-order valence-corrected chi connectivity index (χ3v) is 6.17. The Balaban J connectivity index is 1.58. The van der Waals surface area contributed by atoms with Gasteiger partial charge in [0, 0.05) is 17.7 Å². The second kappa shape index (κ2) is 10.6. The molecule has 3 aromatic carbocycles. The van der Waals surface area contributed by atoms with Crippen molar-refractivity contribution in [2.75, 3.05) is 28.4 Å². The van der Waals surface area contributed by atoms with Crippen molar-refractivity contribution in [1.82, 2.24) is 14.5 Å². The van der Waals surface area contributed by atoms with Gasteiger partial charge in [-0.25, -0.2) is 4.79 Å². The minimum Gasteiger partial charge on any atom is -0.493 e. The van der Waals surface area contributed by atoms with E-state index in [0.717, 1.165) is 11.1 Å². The first-order valence-electron chi connectivity index (χ1n) is 11.8. The fourth-order valence-corrected chi connectivity index (χ4v) is 4.30. The summed E-state index contributed by atoms with van der Waals surface area (Å²) in [7, 11) is 6.19. The maximum atomic E-state index is 13.0. The molecular weight excluding hydrogens is 486 g/mol. The van der Waals surface area contributed by atoms with Gasteiger partial charge < -0.3 is 28.7 Å². The molecule has 0 radical (unpaired) electrons. The summed E-state index contributed by atoms with van der Waals surface area (Å²) in [5.41, 5.74) is 3.95. The van der Waals surface area contributed by atoms with Crippen LogP contribution in [0.3, 0.4) is 0 Å². The van der Waals surface area contributed by atoms with Crippen LogP contribution in [0.25, 0.3) is 28.0 Å². The predicted octanol–water partition coefficient (Wildman–Crippen LogP) is 4.99. The molecule has 38 heavy (non-hydrogen) atoms. The molecule has 2 aromatic heterocycles. The minimum atomic E-state index is -0.324. The Hall–Kier alpha value is -4.92. The third-order valence-electron chi connectivity index (χ3n) is 6.17. The quantitative estimate of drug-likeness (QED) is 0.296. The van der Waals surface area contributed by atoms with Crippen LogP contribution in [0, 0.1) is 0 Å². The zero-order chi connectivity index (χ0) is 26.6. The Kier molecular flexibility index (Phi) is 6.90. The zero-order valence-corrected chi connectivity index (χ0v) is 21.5. The van der Waals surface area contributed by atoms with Gasteiger partial charge in [-0.3, -0.25) is 9.55 Å². The van der Waals surface area contributed by atoms with Gasteiger partial charge in [0.2, 0.25) is 5.75 Å². The number of imidazole rings is 1. The number of pyridine rings is 1. The van der Waals surface area contributed by atoms with E-state index in [4.69, 9.17) is 23.7 Å². The molecule has 1 N–H and O–H groups in total. The molecule has 0 amide bonds. The summed E-state index contributed by atoms with van der Waals surface area (Å²) in [4.78, 5) is 20.5. The van der Waals surface area contributed by atoms with E-state index in [1.54, 1.807) is 30.0 Å². The summed E-state index contributed by atoms with van der Waals surface area (Å²) in [6.45, 7) is 0.394. The number of rotatable bonds is 9. The normalized spacial score (nSPS) is 10.8. The van der Waals surface area contributed by atoms with Crippen molar-refractivity contribution in [2.24, 2.45) is 0 Å². The molecule has 0 unspecified atom stereocenters. The highest BCUT2D eigenvalue weighted by Crippen LogP contribution is 2.40. The summed E-state index contributed by atoms with van der Waals surface area (Å²) in [6.07, 6.45) is 1.63. The number of H-pyrrole nitrogens is 1. The van der Waals surface area contributed by atoms with E-state index in [-0.39, 0.29) is 5.69 Å². The van der Waals surface area contributed by atoms with E-state index in [2.05, 4.69) is 9.97 Å². The molecule has 0 atom stereocenters. The SMILES string of the molecule is COc1ccc(-c2cc3c(cn2)[nH]c(=O)n3-c2cc(OC)c(OC)c(OC)c2)cc1OCc1ccccc1. The van der Waals surface area contributed by atoms with Gasteiger partial charge >= 0.3 is 5.69 Å². The molecule has 9 nitrogen and oxygen atoms in total. The first-order valence-corrected chi connectivity index (χ1v) is 11.8. The minimum absolute atomic E-state index is 0.324. The van der Waals surface area contributed by atoms with E-state index in [9.17, 15) is 4.79 Å². The van der Waals surface area contributed by atoms with E-state index >= 15 is 0 Å². The highest BCUT2D eigenvalue weighted by Gasteiger charge is 2.18. The zero-order valence-electron chi connectivity index (χ0n) is 21.5. The molecule has 0 bridgehead atoms. The molecule has 0 spiro atoms. The van der Waals surface area contributed by atoms with E-state index in [1.807, 2.05) is 54.6 Å². The standard InChI is InChI=1S/C29H27N3O6/c1-34-24-11-10-19(12-25(24)38-17-18-8-6-5-7-9-18)21-15-23-22(16-30-21)31-29(33)32(23)20-13-26(35-2)28(37-4)27(14-20)36-3/h5-16H,17H2,1-4H3,(H,31,33). The van der Waals surface area contributed by atoms with E-state index in [0.29, 0.717) is 57.8 Å². The molecule has 0 fully saturated rings. The van der Waals surface area contributed by atoms with Crippen molar-refractivity contribution in [3.05, 3.63) is 89.0 Å². The van der Waals surface area contributed by atoms with Gasteiger partial charge in [-0.05, 0) is 29.8 Å². The largest absolute Gasteiger partial charge is 0.493 e. The van der Waals surface area contributed by atoms with Crippen molar-refractivity contribution in [3.8, 4) is 45.7 Å². The molecule has 0 saturated heterocycles. The highest BCUT2D eigenvalue weighted by atomic mass is 16.5. The molecule has 194 valence electrons. The summed E-state index contributed by atoms with van der Waals surface area (Å²) in [5.74, 6) is 2.52. The van der Waals surface area contributed by atoms with Crippen molar-refractivity contribution in [1.29, 1.82) is 0 Å². The van der Waals surface area contributed by atoms with Crippen molar-refractivity contribution < 1.29 is 23.7 Å². The lowest BCUT2D eigenvalue weighted by molar-refractivity contribution is 0.284. The molecule has 0 aliphatic carbocycles. The van der Waals surface area contributed by atoms with E-state index < -0.39 is 0 Å². The Morgan fingerprint density at radius 2 is 1.50 bits per heavy atom. The number of hydrogen-bond donors (Lipinski definition) is 1. The van der Waals surface area contributed by atoms with Crippen LogP contribution in [0.15, 0.2) is 77.7 Å². The lowest BCUT2D eigenvalue weighted by Gasteiger charge is -2.15. The smallest absolute Gasteiger partial charge is 0.331 e. The van der Waals surface area contributed by atoms with Crippen LogP contribution in [0.1, 0.15) is 5.56 Å². The van der Waals surface area contributed by atoms with Gasteiger partial charge in [0.15, 0.2) is 23.0 Å². The number of hydrogen-bond acceptors (Lipinski definition) is 7. The van der Waals surface area contributed by atoms with Crippen LogP contribution in [-0.4, -0.2) is 43.0 Å². The van der Waals surface area contributed by atoms with Crippen molar-refractivity contribution in [2.45, 2.75) is 6.61 Å². The van der Waals surface area contributed by atoms with Gasteiger partial charge in [-0.1, -0.05) is 30.3 Å². The van der Waals surface area contributed by atoms with Crippen LogP contribution in [0.2, 0.25) is 0 Å².